The molecule has 7 N–H and O–H groups in total. The number of phosphoric ester groups is 1. The van der Waals surface area contributed by atoms with Crippen LogP contribution in [0.3, 0.4) is 0 Å². The summed E-state index contributed by atoms with van der Waals surface area (Å²) in [6, 6.07) is -0.895. The molecule has 16 nitrogen and oxygen atoms in total. The lowest BCUT2D eigenvalue weighted by molar-refractivity contribution is -0.190. The van der Waals surface area contributed by atoms with Crippen LogP contribution in [0.2, 0.25) is 0 Å². The number of nitrogens with zero attached hydrogens (tertiary/aromatic N) is 1. The van der Waals surface area contributed by atoms with Crippen LogP contribution < -0.4 is 11.1 Å². The number of nitrogens with one attached hydrogen (secondary N) is 1. The summed E-state index contributed by atoms with van der Waals surface area (Å²) in [6.45, 7) is 2.73. The number of phosphoric acid groups is 3. The van der Waals surface area contributed by atoms with E-state index < -0.39 is 60.0 Å². The predicted molar refractivity (Wildman–Crippen MR) is 93.4 cm³/mol. The molecule has 0 aromatic heterocycles. The van der Waals surface area contributed by atoms with Gasteiger partial charge >= 0.3 is 23.5 Å². The van der Waals surface area contributed by atoms with Gasteiger partial charge in [0.25, 0.3) is 5.91 Å². The van der Waals surface area contributed by atoms with Gasteiger partial charge < -0.3 is 45.0 Å². The van der Waals surface area contributed by atoms with Crippen LogP contribution in [0, 0.1) is 0 Å². The number of rotatable bonds is 8. The molecule has 0 aromatic rings. The minimum Gasteiger partial charge on any atom is -0.369 e. The summed E-state index contributed by atoms with van der Waals surface area (Å²) >= 11 is 0. The lowest BCUT2D eigenvalue weighted by atomic mass is 9.98. The maximum Gasteiger partial charge on any atom is 0.490 e. The van der Waals surface area contributed by atoms with Crippen molar-refractivity contribution in [2.45, 2.75) is 24.0 Å². The highest BCUT2D eigenvalue weighted by atomic mass is 31.3. The van der Waals surface area contributed by atoms with E-state index in [2.05, 4.69) is 25.0 Å². The number of carbonyl (C=O) groups is 1. The van der Waals surface area contributed by atoms with Crippen LogP contribution in [0.15, 0.2) is 24.7 Å². The minimum absolute atomic E-state index is 0.166. The monoisotopic (exact) mass is 493 g/mol. The van der Waals surface area contributed by atoms with Crippen LogP contribution in [0.25, 0.3) is 0 Å². The summed E-state index contributed by atoms with van der Waals surface area (Å²) in [6.07, 6.45) is 0.931. The van der Waals surface area contributed by atoms with Gasteiger partial charge in [0.05, 0.1) is 19.3 Å². The van der Waals surface area contributed by atoms with Gasteiger partial charge in [0.15, 0.2) is 6.23 Å². The second kappa shape index (κ2) is 7.87. The second-order valence-electron chi connectivity index (χ2n) is 6.40. The molecule has 0 aliphatic carbocycles. The Hall–Kier alpha value is -0.960. The molecule has 0 aromatic carbocycles. The Balaban J connectivity index is 1.68. The van der Waals surface area contributed by atoms with Gasteiger partial charge in [-0.05, 0) is 0 Å². The van der Waals surface area contributed by atoms with Crippen molar-refractivity contribution in [2.24, 2.45) is 5.73 Å². The van der Waals surface area contributed by atoms with E-state index in [-0.39, 0.29) is 12.4 Å². The molecule has 3 aliphatic rings. The van der Waals surface area contributed by atoms with Gasteiger partial charge in [0.1, 0.15) is 17.5 Å². The standard InChI is InChI=1S/C11H18N3O13P3/c1-6-13-7(15)2-3-14(6)10-8-9(12)11(25-10,4-23-8)5-24-29(19,20)27-30(21,22)26-28(16,17)18/h2-3,8-10H,1,4-5,12H2,(H,13,15)(H,19,20)(H,21,22)(H2,16,17,18)/t8-,9+,10-,11-/m1/s1. The first-order chi connectivity index (χ1) is 13.6. The molecule has 1 amide bonds. The van der Waals surface area contributed by atoms with Crippen molar-refractivity contribution in [3.8, 4) is 0 Å². The number of fused-ring (bicyclic) bond motifs is 2. The summed E-state index contributed by atoms with van der Waals surface area (Å²) in [5.74, 6) is -0.245. The fraction of sp³-hybridized carbons (Fsp3) is 0.545. The van der Waals surface area contributed by atoms with Crippen molar-refractivity contribution in [1.82, 2.24) is 10.2 Å². The first-order valence-electron chi connectivity index (χ1n) is 7.93. The Kier molecular flexibility index (Phi) is 6.22. The van der Waals surface area contributed by atoms with Gasteiger partial charge in [-0.2, -0.15) is 8.62 Å². The molecule has 30 heavy (non-hydrogen) atoms. The zero-order chi connectivity index (χ0) is 22.5. The molecule has 3 aliphatic heterocycles. The van der Waals surface area contributed by atoms with E-state index >= 15 is 0 Å². The summed E-state index contributed by atoms with van der Waals surface area (Å²) in [5.41, 5.74) is 4.60. The van der Waals surface area contributed by atoms with Crippen LogP contribution in [0.4, 0.5) is 0 Å². The van der Waals surface area contributed by atoms with Crippen molar-refractivity contribution in [3.05, 3.63) is 24.7 Å². The maximum atomic E-state index is 11.9. The number of hydrogen-bond acceptors (Lipinski definition) is 11. The van der Waals surface area contributed by atoms with Gasteiger partial charge in [0, 0.05) is 12.3 Å². The van der Waals surface area contributed by atoms with E-state index in [1.165, 1.54) is 17.2 Å². The van der Waals surface area contributed by atoms with E-state index in [0.717, 1.165) is 0 Å². The van der Waals surface area contributed by atoms with Crippen LogP contribution in [0.5, 0.6) is 0 Å². The first-order valence-corrected chi connectivity index (χ1v) is 12.5. The van der Waals surface area contributed by atoms with Crippen molar-refractivity contribution < 1.29 is 60.7 Å². The molecule has 2 saturated heterocycles. The minimum atomic E-state index is -5.65. The molecule has 0 spiro atoms. The molecule has 3 rings (SSSR count). The van der Waals surface area contributed by atoms with E-state index in [4.69, 9.17) is 25.0 Å². The van der Waals surface area contributed by atoms with E-state index in [9.17, 15) is 28.3 Å². The first kappa shape index (κ1) is 23.7. The molecule has 2 unspecified atom stereocenters. The number of carbonyl (C=O) groups excluding carboxylic acids is 1. The Morgan fingerprint density at radius 3 is 2.53 bits per heavy atom. The van der Waals surface area contributed by atoms with Gasteiger partial charge in [0.2, 0.25) is 0 Å². The lowest BCUT2D eigenvalue weighted by Crippen LogP contribution is -2.50. The molecule has 2 bridgehead atoms. The van der Waals surface area contributed by atoms with Gasteiger partial charge in [-0.15, -0.1) is 0 Å². The van der Waals surface area contributed by atoms with Crippen LogP contribution in [0.1, 0.15) is 0 Å². The molecule has 2 fully saturated rings. The second-order valence-corrected chi connectivity index (χ2v) is 10.8. The summed E-state index contributed by atoms with van der Waals surface area (Å²) in [4.78, 5) is 48.7. The number of ether oxygens (including phenoxy) is 2. The molecule has 6 atom stereocenters. The molecular weight excluding hydrogens is 475 g/mol. The third-order valence-corrected chi connectivity index (χ3v) is 8.03. The lowest BCUT2D eigenvalue weighted by Gasteiger charge is -2.38. The predicted octanol–water partition coefficient (Wildman–Crippen LogP) is -1.43. The van der Waals surface area contributed by atoms with E-state index in [1.54, 1.807) is 0 Å². The molecule has 19 heteroatoms. The quantitative estimate of drug-likeness (QED) is 0.213. The zero-order valence-corrected chi connectivity index (χ0v) is 17.5. The third-order valence-electron chi connectivity index (χ3n) is 4.25. The summed E-state index contributed by atoms with van der Waals surface area (Å²) in [7, 11) is -16.5. The van der Waals surface area contributed by atoms with Crippen molar-refractivity contribution in [1.29, 1.82) is 0 Å². The van der Waals surface area contributed by atoms with Gasteiger partial charge in [-0.1, -0.05) is 6.58 Å². The number of amides is 1. The van der Waals surface area contributed by atoms with Gasteiger partial charge in [-0.25, -0.2) is 13.7 Å². The Morgan fingerprint density at radius 2 is 1.93 bits per heavy atom. The van der Waals surface area contributed by atoms with Crippen LogP contribution in [-0.4, -0.2) is 67.6 Å². The summed E-state index contributed by atoms with van der Waals surface area (Å²) in [5, 5.41) is 2.45. The fourth-order valence-electron chi connectivity index (χ4n) is 3.02. The van der Waals surface area contributed by atoms with Gasteiger partial charge in [-0.3, -0.25) is 9.32 Å². The van der Waals surface area contributed by atoms with E-state index in [0.29, 0.717) is 0 Å². The molecule has 3 heterocycles. The number of nitrogens with two attached hydrogens (primary N) is 1. The largest absolute Gasteiger partial charge is 0.490 e. The highest BCUT2D eigenvalue weighted by Crippen LogP contribution is 2.66. The maximum absolute atomic E-state index is 11.9. The smallest absolute Gasteiger partial charge is 0.369 e. The highest BCUT2D eigenvalue weighted by Gasteiger charge is 2.62. The Bertz CT molecular complexity index is 919. The average Bonchev–Trinajstić information content (AvgIpc) is 3.00. The summed E-state index contributed by atoms with van der Waals surface area (Å²) < 4.78 is 57.3. The van der Waals surface area contributed by atoms with Crippen LogP contribution in [-0.2, 0) is 41.1 Å². The number of hydrogen-bond donors (Lipinski definition) is 6. The highest BCUT2D eigenvalue weighted by molar-refractivity contribution is 7.66. The van der Waals surface area contributed by atoms with Crippen LogP contribution >= 0.6 is 23.5 Å². The fourth-order valence-corrected chi connectivity index (χ4v) is 6.10. The van der Waals surface area contributed by atoms with Crippen molar-refractivity contribution in [3.63, 3.8) is 0 Å². The molecular formula is C11H18N3O13P3. The average molecular weight is 493 g/mol. The molecule has 170 valence electrons. The normalized spacial score (nSPS) is 35.2. The molecule has 0 radical (unpaired) electrons. The zero-order valence-electron chi connectivity index (χ0n) is 14.8. The topological polar surface area (TPSA) is 237 Å². The van der Waals surface area contributed by atoms with Crippen molar-refractivity contribution in [2.75, 3.05) is 13.2 Å². The van der Waals surface area contributed by atoms with Crippen molar-refractivity contribution >= 4 is 29.4 Å². The third kappa shape index (κ3) is 5.09. The SMILES string of the molecule is C=C1NC(=O)C=CN1[C@@H]1O[C@@]2(COP(=O)(O)OP(=O)(O)OP(=O)(O)O)CO[C@@H]1[C@@H]2N. The van der Waals surface area contributed by atoms with E-state index in [1.807, 2.05) is 0 Å². The Morgan fingerprint density at radius 1 is 1.27 bits per heavy atom. The Labute approximate surface area is 168 Å². The molecule has 0 saturated carbocycles.